The van der Waals surface area contributed by atoms with Gasteiger partial charge >= 0.3 is 0 Å². The molecule has 5 amide bonds. The number of imide groups is 1. The number of fused-ring (bicyclic) bond motifs is 4. The average Bonchev–Trinajstić information content (AvgIpc) is 3.63. The summed E-state index contributed by atoms with van der Waals surface area (Å²) in [5.74, 6) is 0.298. The predicted octanol–water partition coefficient (Wildman–Crippen LogP) is 7.46. The lowest BCUT2D eigenvalue weighted by molar-refractivity contribution is -0.140. The number of nitrogens with one attached hydrogen (secondary N) is 2. The van der Waals surface area contributed by atoms with Gasteiger partial charge in [0.15, 0.2) is 5.82 Å². The molecule has 3 aromatic heterocycles. The van der Waals surface area contributed by atoms with Crippen molar-refractivity contribution >= 4 is 63.6 Å². The quantitative estimate of drug-likeness (QED) is 0.133. The van der Waals surface area contributed by atoms with Crippen molar-refractivity contribution in [2.24, 2.45) is 17.8 Å². The van der Waals surface area contributed by atoms with Gasteiger partial charge in [0.1, 0.15) is 17.2 Å². The number of amides is 5. The molecule has 2 aliphatic carbocycles. The van der Waals surface area contributed by atoms with Crippen LogP contribution in [-0.2, 0) is 29.4 Å². The molecule has 5 aromatic rings. The van der Waals surface area contributed by atoms with Gasteiger partial charge in [0.05, 0.1) is 40.5 Å². The highest BCUT2D eigenvalue weighted by atomic mass is 19.1. The molecular weight excluding hydrogens is 950 g/mol. The van der Waals surface area contributed by atoms with Crippen LogP contribution in [0.1, 0.15) is 114 Å². The number of aromatic nitrogens is 4. The minimum atomic E-state index is -0.757. The van der Waals surface area contributed by atoms with Gasteiger partial charge in [0.25, 0.3) is 0 Å². The van der Waals surface area contributed by atoms with Crippen LogP contribution in [0.5, 0.6) is 0 Å². The van der Waals surface area contributed by atoms with Gasteiger partial charge in [-0.05, 0) is 139 Å². The van der Waals surface area contributed by atoms with E-state index in [0.717, 1.165) is 71.6 Å². The van der Waals surface area contributed by atoms with Crippen LogP contribution in [0.25, 0.3) is 22.3 Å². The van der Waals surface area contributed by atoms with Gasteiger partial charge in [-0.1, -0.05) is 36.8 Å². The monoisotopic (exact) mass is 1020 g/mol. The Morgan fingerprint density at radius 1 is 0.827 bits per heavy atom. The maximum absolute atomic E-state index is 15.3. The number of halogens is 1. The van der Waals surface area contributed by atoms with Crippen LogP contribution in [0.3, 0.4) is 0 Å². The van der Waals surface area contributed by atoms with Gasteiger partial charge in [-0.2, -0.15) is 0 Å². The Morgan fingerprint density at radius 3 is 2.35 bits per heavy atom. The molecule has 8 aliphatic rings. The lowest BCUT2D eigenvalue weighted by Crippen LogP contribution is -2.58. The van der Waals surface area contributed by atoms with Gasteiger partial charge < -0.3 is 34.4 Å². The summed E-state index contributed by atoms with van der Waals surface area (Å²) in [6, 6.07) is 19.3. The van der Waals surface area contributed by atoms with Crippen LogP contribution >= 0.6 is 0 Å². The van der Waals surface area contributed by atoms with Crippen LogP contribution in [0.15, 0.2) is 73.2 Å². The molecule has 4 atom stereocenters. The summed E-state index contributed by atoms with van der Waals surface area (Å²) < 4.78 is 17.2. The number of imidazole rings is 1. The molecule has 390 valence electrons. The number of anilines is 4. The maximum Gasteiger partial charge on any atom is 0.238 e. The van der Waals surface area contributed by atoms with E-state index in [1.807, 2.05) is 32.6 Å². The number of piperidine rings is 5. The first-order chi connectivity index (χ1) is 36.4. The third-order valence-corrected chi connectivity index (χ3v) is 18.6. The third kappa shape index (κ3) is 8.25. The molecule has 0 bridgehead atoms. The van der Waals surface area contributed by atoms with Gasteiger partial charge in [-0.25, -0.2) is 19.3 Å². The average molecular weight is 1020 g/mol. The second-order valence-corrected chi connectivity index (χ2v) is 23.0. The standard InChI is InChI=1S/C58H66FN11O5/c1-34(2)69-33-61-46-31-45(63-53(52(46)69)62-44-9-5-4-8-43(44)59)36-10-13-42-47(28-36)70(39-29-38(30-39)65-21-6-3-7-22-65)57(75)58(42)19-26-67(27-20-58)56(74)50-41-18-25-68(51(41)50)55(73)35-16-23-66(24-17-35)48-14-11-37(32-60-48)40-12-15-49(71)64-54(40)72/h4-5,8-11,13-14,28,31-35,38-41,50-51H,3,6-7,12,15-27,29-30H2,1-2H3,(H,62,63)(H,64,71,72)/t38?,39?,40-,41-,50-,51-/m1/s1. The predicted molar refractivity (Wildman–Crippen MR) is 282 cm³/mol. The normalized spacial score (nSPS) is 26.7. The lowest BCUT2D eigenvalue weighted by Gasteiger charge is -2.48. The lowest BCUT2D eigenvalue weighted by atomic mass is 9.73. The molecule has 2 saturated carbocycles. The minimum absolute atomic E-state index is 0.0657. The topological polar surface area (TPSA) is 169 Å². The van der Waals surface area contributed by atoms with E-state index in [1.54, 1.807) is 30.7 Å². The van der Waals surface area contributed by atoms with Crippen LogP contribution in [0.4, 0.5) is 27.4 Å². The first kappa shape index (κ1) is 47.9. The molecule has 5 saturated heterocycles. The van der Waals surface area contributed by atoms with Crippen molar-refractivity contribution in [3.63, 3.8) is 0 Å². The van der Waals surface area contributed by atoms with Crippen LogP contribution in [0, 0.1) is 23.6 Å². The van der Waals surface area contributed by atoms with Gasteiger partial charge in [0, 0.05) is 86.7 Å². The molecule has 9 heterocycles. The number of carbonyl (C=O) groups is 5. The molecule has 16 nitrogen and oxygen atoms in total. The number of para-hydroxylation sites is 1. The molecular formula is C58H66FN11O5. The number of likely N-dealkylation sites (tertiary alicyclic amines) is 3. The zero-order valence-electron chi connectivity index (χ0n) is 42.9. The van der Waals surface area contributed by atoms with Crippen molar-refractivity contribution in [1.29, 1.82) is 0 Å². The summed E-state index contributed by atoms with van der Waals surface area (Å²) in [5, 5.41) is 5.71. The van der Waals surface area contributed by atoms with Crippen molar-refractivity contribution < 1.29 is 28.4 Å². The van der Waals surface area contributed by atoms with E-state index in [9.17, 15) is 19.2 Å². The Balaban J connectivity index is 0.701. The van der Waals surface area contributed by atoms with Crippen molar-refractivity contribution in [3.8, 4) is 11.3 Å². The fourth-order valence-electron chi connectivity index (χ4n) is 14.2. The smallest absolute Gasteiger partial charge is 0.238 e. The number of rotatable bonds is 10. The molecule has 0 radical (unpaired) electrons. The highest BCUT2D eigenvalue weighted by molar-refractivity contribution is 6.10. The van der Waals surface area contributed by atoms with Crippen LogP contribution in [-0.4, -0.2) is 128 Å². The molecule has 13 rings (SSSR count). The minimum Gasteiger partial charge on any atom is -0.357 e. The number of hydrogen-bond acceptors (Lipinski definition) is 11. The summed E-state index contributed by atoms with van der Waals surface area (Å²) in [7, 11) is 0. The molecule has 0 unspecified atom stereocenters. The highest BCUT2D eigenvalue weighted by Crippen LogP contribution is 2.55. The number of pyridine rings is 2. The van der Waals surface area contributed by atoms with Gasteiger partial charge in [-0.3, -0.25) is 29.3 Å². The van der Waals surface area contributed by atoms with E-state index < -0.39 is 5.41 Å². The molecule has 2 aromatic carbocycles. The van der Waals surface area contributed by atoms with Crippen molar-refractivity contribution in [2.45, 2.75) is 126 Å². The van der Waals surface area contributed by atoms with Crippen molar-refractivity contribution in [3.05, 3.63) is 90.1 Å². The summed E-state index contributed by atoms with van der Waals surface area (Å²) in [6.07, 6.45) is 13.2. The van der Waals surface area contributed by atoms with E-state index in [1.165, 1.54) is 25.3 Å². The number of nitrogens with zero attached hydrogens (tertiary/aromatic N) is 9. The van der Waals surface area contributed by atoms with E-state index in [-0.39, 0.29) is 77.2 Å². The van der Waals surface area contributed by atoms with Crippen LogP contribution < -0.4 is 20.4 Å². The van der Waals surface area contributed by atoms with Crippen LogP contribution in [0.2, 0.25) is 0 Å². The highest BCUT2D eigenvalue weighted by Gasteiger charge is 2.64. The van der Waals surface area contributed by atoms with Gasteiger partial charge in [0.2, 0.25) is 29.5 Å². The largest absolute Gasteiger partial charge is 0.357 e. The third-order valence-electron chi connectivity index (χ3n) is 18.6. The first-order valence-electron chi connectivity index (χ1n) is 27.7. The maximum atomic E-state index is 15.3. The SMILES string of the molecule is CC(C)n1cnc2cc(-c3ccc4c(c3)N(C3CC(N5CCCCC5)C3)C(=O)C43CCN(C(=O)[C@@H]4[C@H]5CCN(C(=O)C6CCN(c7ccc([C@H]8CCC(=O)NC8=O)cn7)CC6)[C@H]54)CC3)nc(Nc3ccccc3F)c21. The van der Waals surface area contributed by atoms with E-state index in [0.29, 0.717) is 94.5 Å². The molecule has 7 fully saturated rings. The summed E-state index contributed by atoms with van der Waals surface area (Å²) in [5.41, 5.74) is 5.35. The fraction of sp³-hybridized carbons (Fsp3) is 0.517. The Kier molecular flexibility index (Phi) is 12.0. The summed E-state index contributed by atoms with van der Waals surface area (Å²) in [4.78, 5) is 93.6. The summed E-state index contributed by atoms with van der Waals surface area (Å²) >= 11 is 0. The molecule has 75 heavy (non-hydrogen) atoms. The Morgan fingerprint density at radius 2 is 1.61 bits per heavy atom. The Hall–Kier alpha value is -6.75. The second kappa shape index (κ2) is 18.8. The first-order valence-corrected chi connectivity index (χ1v) is 27.7. The summed E-state index contributed by atoms with van der Waals surface area (Å²) in [6.45, 7) is 9.41. The molecule has 1 spiro atoms. The van der Waals surface area contributed by atoms with E-state index in [4.69, 9.17) is 9.97 Å². The van der Waals surface area contributed by atoms with Gasteiger partial charge in [-0.15, -0.1) is 0 Å². The zero-order valence-corrected chi connectivity index (χ0v) is 42.9. The van der Waals surface area contributed by atoms with E-state index >= 15 is 9.18 Å². The second-order valence-electron chi connectivity index (χ2n) is 23.0. The molecule has 17 heteroatoms. The Labute approximate surface area is 436 Å². The van der Waals surface area contributed by atoms with E-state index in [2.05, 4.69) is 62.4 Å². The number of hydrogen-bond donors (Lipinski definition) is 2. The van der Waals surface area contributed by atoms with Crippen molar-refractivity contribution in [2.75, 3.05) is 60.9 Å². The number of carbonyl (C=O) groups excluding carboxylic acids is 5. The molecule has 2 N–H and O–H groups in total. The fourth-order valence-corrected chi connectivity index (χ4v) is 14.2. The Bertz CT molecular complexity index is 3100. The zero-order chi connectivity index (χ0) is 51.3. The number of benzene rings is 2. The molecule has 6 aliphatic heterocycles. The van der Waals surface area contributed by atoms with Crippen molar-refractivity contribution in [1.82, 2.24) is 39.5 Å².